The first-order valence-corrected chi connectivity index (χ1v) is 8.10. The van der Waals surface area contributed by atoms with Crippen molar-refractivity contribution in [3.63, 3.8) is 0 Å². The Kier molecular flexibility index (Phi) is 4.59. The van der Waals surface area contributed by atoms with Crippen molar-refractivity contribution in [2.45, 2.75) is 11.8 Å². The lowest BCUT2D eigenvalue weighted by molar-refractivity contribution is 0.342. The molecule has 0 radical (unpaired) electrons. The normalized spacial score (nSPS) is 11.1. The van der Waals surface area contributed by atoms with Gasteiger partial charge in [0.2, 0.25) is 0 Å². The molecule has 2 rings (SSSR count). The quantitative estimate of drug-likeness (QED) is 0.827. The molecule has 0 spiro atoms. The molecule has 112 valence electrons. The molecule has 0 aliphatic heterocycles. The number of para-hydroxylation sites is 2. The fraction of sp³-hybridized carbons (Fsp3) is 0.143. The second-order valence-corrected chi connectivity index (χ2v) is 6.30. The van der Waals surface area contributed by atoms with E-state index in [4.69, 9.17) is 22.1 Å². The van der Waals surface area contributed by atoms with Gasteiger partial charge in [-0.3, -0.25) is 4.72 Å². The highest BCUT2D eigenvalue weighted by Gasteiger charge is 2.19. The van der Waals surface area contributed by atoms with E-state index in [-0.39, 0.29) is 10.6 Å². The van der Waals surface area contributed by atoms with Gasteiger partial charge in [0.15, 0.2) is 0 Å². The van der Waals surface area contributed by atoms with Crippen LogP contribution in [-0.4, -0.2) is 15.0 Å². The lowest BCUT2D eigenvalue weighted by Crippen LogP contribution is -2.15. The van der Waals surface area contributed by atoms with E-state index in [1.165, 1.54) is 18.2 Å². The first kappa shape index (κ1) is 15.5. The van der Waals surface area contributed by atoms with E-state index < -0.39 is 10.0 Å². The molecule has 5 nitrogen and oxygen atoms in total. The molecule has 0 saturated heterocycles. The Morgan fingerprint density at radius 1 is 1.24 bits per heavy atom. The largest absolute Gasteiger partial charge is 0.492 e. The highest BCUT2D eigenvalue weighted by atomic mass is 35.5. The molecular weight excluding hydrogens is 312 g/mol. The van der Waals surface area contributed by atoms with Gasteiger partial charge in [0, 0.05) is 5.02 Å². The number of halogens is 1. The first-order chi connectivity index (χ1) is 9.94. The van der Waals surface area contributed by atoms with Crippen molar-refractivity contribution in [3.8, 4) is 5.75 Å². The maximum Gasteiger partial charge on any atom is 0.264 e. The lowest BCUT2D eigenvalue weighted by Gasteiger charge is -2.13. The third kappa shape index (κ3) is 3.59. The molecule has 0 saturated carbocycles. The van der Waals surface area contributed by atoms with Gasteiger partial charge in [-0.05, 0) is 37.3 Å². The van der Waals surface area contributed by atoms with Crippen LogP contribution in [0.4, 0.5) is 11.4 Å². The van der Waals surface area contributed by atoms with Crippen LogP contribution in [0.3, 0.4) is 0 Å². The molecule has 21 heavy (non-hydrogen) atoms. The molecule has 0 bridgehead atoms. The van der Waals surface area contributed by atoms with Crippen LogP contribution < -0.4 is 15.2 Å². The average Bonchev–Trinajstić information content (AvgIpc) is 2.43. The van der Waals surface area contributed by atoms with Crippen LogP contribution in [0.25, 0.3) is 0 Å². The Hall–Kier alpha value is -1.92. The number of sulfonamides is 1. The Morgan fingerprint density at radius 2 is 1.95 bits per heavy atom. The van der Waals surface area contributed by atoms with Crippen LogP contribution in [-0.2, 0) is 10.0 Å². The molecule has 0 aromatic heterocycles. The molecule has 0 unspecified atom stereocenters. The second-order valence-electron chi connectivity index (χ2n) is 4.22. The minimum absolute atomic E-state index is 0.0682. The predicted molar refractivity (Wildman–Crippen MR) is 84.3 cm³/mol. The minimum atomic E-state index is -3.85. The van der Waals surface area contributed by atoms with Gasteiger partial charge in [0.25, 0.3) is 10.0 Å². The molecule has 3 N–H and O–H groups in total. The maximum absolute atomic E-state index is 12.4. The number of benzene rings is 2. The number of hydrogen-bond acceptors (Lipinski definition) is 4. The molecule has 2 aromatic carbocycles. The Labute approximate surface area is 128 Å². The molecule has 7 heteroatoms. The molecule has 0 heterocycles. The van der Waals surface area contributed by atoms with Gasteiger partial charge in [0.1, 0.15) is 10.6 Å². The number of hydrogen-bond donors (Lipinski definition) is 2. The summed E-state index contributed by atoms with van der Waals surface area (Å²) < 4.78 is 32.7. The molecule has 0 aliphatic rings. The van der Waals surface area contributed by atoms with E-state index >= 15 is 0 Å². The Balaban J connectivity index is 2.40. The van der Waals surface area contributed by atoms with Gasteiger partial charge in [-0.15, -0.1) is 0 Å². The summed E-state index contributed by atoms with van der Waals surface area (Å²) in [5, 5.41) is 0.294. The Bertz CT molecular complexity index is 748. The second kappa shape index (κ2) is 6.24. The van der Waals surface area contributed by atoms with Crippen molar-refractivity contribution in [1.82, 2.24) is 0 Å². The topological polar surface area (TPSA) is 81.4 Å². The van der Waals surface area contributed by atoms with Crippen molar-refractivity contribution in [1.29, 1.82) is 0 Å². The van der Waals surface area contributed by atoms with Crippen LogP contribution in [0.1, 0.15) is 6.92 Å². The molecular formula is C14H15ClN2O3S. The van der Waals surface area contributed by atoms with Crippen LogP contribution in [0.2, 0.25) is 5.02 Å². The standard InChI is InChI=1S/C14H15ClN2O3S/c1-2-20-13-6-4-3-5-12(13)17-21(18,19)14-9-10(15)7-8-11(14)16/h3-9,17H,2,16H2,1H3. The van der Waals surface area contributed by atoms with E-state index in [2.05, 4.69) is 4.72 Å². The fourth-order valence-electron chi connectivity index (χ4n) is 1.77. The van der Waals surface area contributed by atoms with E-state index in [0.29, 0.717) is 23.1 Å². The third-order valence-corrected chi connectivity index (χ3v) is 4.35. The summed E-state index contributed by atoms with van der Waals surface area (Å²) in [6.45, 7) is 2.25. The van der Waals surface area contributed by atoms with Crippen molar-refractivity contribution in [2.75, 3.05) is 17.1 Å². The molecule has 2 aromatic rings. The first-order valence-electron chi connectivity index (χ1n) is 6.23. The molecule has 0 fully saturated rings. The highest BCUT2D eigenvalue weighted by molar-refractivity contribution is 7.92. The van der Waals surface area contributed by atoms with Crippen LogP contribution in [0, 0.1) is 0 Å². The van der Waals surface area contributed by atoms with E-state index in [0.717, 1.165) is 0 Å². The minimum Gasteiger partial charge on any atom is -0.492 e. The summed E-state index contributed by atoms with van der Waals surface area (Å²) in [6, 6.07) is 11.1. The third-order valence-electron chi connectivity index (χ3n) is 2.70. The van der Waals surface area contributed by atoms with Gasteiger partial charge in [-0.25, -0.2) is 8.42 Å². The van der Waals surface area contributed by atoms with E-state index in [9.17, 15) is 8.42 Å². The SMILES string of the molecule is CCOc1ccccc1NS(=O)(=O)c1cc(Cl)ccc1N. The van der Waals surface area contributed by atoms with Gasteiger partial charge >= 0.3 is 0 Å². The smallest absolute Gasteiger partial charge is 0.264 e. The number of nitrogen functional groups attached to an aromatic ring is 1. The predicted octanol–water partition coefficient (Wildman–Crippen LogP) is 3.12. The highest BCUT2D eigenvalue weighted by Crippen LogP contribution is 2.29. The summed E-state index contributed by atoms with van der Waals surface area (Å²) >= 11 is 5.83. The van der Waals surface area contributed by atoms with Crippen molar-refractivity contribution < 1.29 is 13.2 Å². The maximum atomic E-state index is 12.4. The summed E-state index contributed by atoms with van der Waals surface area (Å²) in [5.74, 6) is 0.448. The molecule has 0 aliphatic carbocycles. The number of nitrogens with two attached hydrogens (primary N) is 1. The van der Waals surface area contributed by atoms with Crippen molar-refractivity contribution >= 4 is 33.0 Å². The molecule has 0 amide bonds. The zero-order chi connectivity index (χ0) is 15.5. The zero-order valence-electron chi connectivity index (χ0n) is 11.3. The summed E-state index contributed by atoms with van der Waals surface area (Å²) in [6.07, 6.45) is 0. The lowest BCUT2D eigenvalue weighted by atomic mass is 10.3. The fourth-order valence-corrected chi connectivity index (χ4v) is 3.24. The van der Waals surface area contributed by atoms with Crippen LogP contribution in [0.5, 0.6) is 5.75 Å². The van der Waals surface area contributed by atoms with Crippen LogP contribution >= 0.6 is 11.6 Å². The summed E-state index contributed by atoms with van der Waals surface area (Å²) in [4.78, 5) is -0.0682. The average molecular weight is 327 g/mol. The number of anilines is 2. The number of ether oxygens (including phenoxy) is 1. The zero-order valence-corrected chi connectivity index (χ0v) is 12.9. The number of rotatable bonds is 5. The van der Waals surface area contributed by atoms with Gasteiger partial charge < -0.3 is 10.5 Å². The van der Waals surface area contributed by atoms with Crippen molar-refractivity contribution in [2.24, 2.45) is 0 Å². The number of nitrogens with one attached hydrogen (secondary N) is 1. The van der Waals surface area contributed by atoms with E-state index in [1.807, 2.05) is 6.92 Å². The van der Waals surface area contributed by atoms with Gasteiger partial charge in [-0.1, -0.05) is 23.7 Å². The summed E-state index contributed by atoms with van der Waals surface area (Å²) in [7, 11) is -3.85. The van der Waals surface area contributed by atoms with Crippen LogP contribution in [0.15, 0.2) is 47.4 Å². The molecule has 0 atom stereocenters. The van der Waals surface area contributed by atoms with Gasteiger partial charge in [-0.2, -0.15) is 0 Å². The summed E-state index contributed by atoms with van der Waals surface area (Å²) in [5.41, 5.74) is 6.19. The Morgan fingerprint density at radius 3 is 2.67 bits per heavy atom. The van der Waals surface area contributed by atoms with Gasteiger partial charge in [0.05, 0.1) is 18.0 Å². The van der Waals surface area contributed by atoms with E-state index in [1.54, 1.807) is 24.3 Å². The monoisotopic (exact) mass is 326 g/mol. The van der Waals surface area contributed by atoms with Crippen molar-refractivity contribution in [3.05, 3.63) is 47.5 Å².